The lowest BCUT2D eigenvalue weighted by Crippen LogP contribution is -1.88. The molecule has 0 aliphatic heterocycles. The number of thiazole rings is 1. The fourth-order valence-corrected chi connectivity index (χ4v) is 3.19. The van der Waals surface area contributed by atoms with Gasteiger partial charge in [0.1, 0.15) is 10.8 Å². The minimum atomic E-state index is -0.233. The van der Waals surface area contributed by atoms with Gasteiger partial charge in [-0.1, -0.05) is 24.3 Å². The van der Waals surface area contributed by atoms with Crippen LogP contribution < -0.4 is 5.73 Å². The second-order valence-electron chi connectivity index (χ2n) is 4.53. The van der Waals surface area contributed by atoms with Crippen LogP contribution in [0.15, 0.2) is 48.5 Å². The summed E-state index contributed by atoms with van der Waals surface area (Å²) in [4.78, 5) is 5.63. The number of nitrogens with two attached hydrogens (primary N) is 1. The van der Waals surface area contributed by atoms with Crippen LogP contribution in [-0.2, 0) is 0 Å². The lowest BCUT2D eigenvalue weighted by Gasteiger charge is -2.00. The summed E-state index contributed by atoms with van der Waals surface area (Å²) in [7, 11) is 0. The number of rotatable bonds is 2. The number of aryl methyl sites for hydroxylation is 1. The summed E-state index contributed by atoms with van der Waals surface area (Å²) >= 11 is 1.57. The normalized spacial score (nSPS) is 10.7. The fourth-order valence-electron chi connectivity index (χ4n) is 2.07. The van der Waals surface area contributed by atoms with Crippen LogP contribution in [0, 0.1) is 12.7 Å². The zero-order valence-corrected chi connectivity index (χ0v) is 11.7. The minimum absolute atomic E-state index is 0.233. The molecule has 0 spiro atoms. The summed E-state index contributed by atoms with van der Waals surface area (Å²) in [5.74, 6) is -0.233. The minimum Gasteiger partial charge on any atom is -0.398 e. The molecule has 0 radical (unpaired) electrons. The van der Waals surface area contributed by atoms with Crippen LogP contribution in [0.1, 0.15) is 5.69 Å². The second kappa shape index (κ2) is 5.06. The van der Waals surface area contributed by atoms with Gasteiger partial charge in [0.2, 0.25) is 0 Å². The predicted octanol–water partition coefficient (Wildman–Crippen LogP) is 4.51. The largest absolute Gasteiger partial charge is 0.398 e. The van der Waals surface area contributed by atoms with Gasteiger partial charge < -0.3 is 5.73 Å². The van der Waals surface area contributed by atoms with E-state index in [1.807, 2.05) is 31.2 Å². The number of nitrogen functional groups attached to an aromatic ring is 1. The molecule has 0 saturated carbocycles. The number of nitrogens with zero attached hydrogens (tertiary/aromatic N) is 1. The van der Waals surface area contributed by atoms with Gasteiger partial charge in [-0.25, -0.2) is 9.37 Å². The molecular formula is C16H13FN2S. The Morgan fingerprint density at radius 1 is 1.05 bits per heavy atom. The molecule has 0 fully saturated rings. The van der Waals surface area contributed by atoms with Crippen LogP contribution in [0.25, 0.3) is 21.0 Å². The van der Waals surface area contributed by atoms with Crippen molar-refractivity contribution in [1.82, 2.24) is 4.98 Å². The van der Waals surface area contributed by atoms with Crippen LogP contribution in [0.3, 0.4) is 0 Å². The van der Waals surface area contributed by atoms with Crippen LogP contribution >= 0.6 is 11.3 Å². The average molecular weight is 284 g/mol. The smallest absolute Gasteiger partial charge is 0.126 e. The van der Waals surface area contributed by atoms with E-state index < -0.39 is 0 Å². The monoisotopic (exact) mass is 284 g/mol. The number of hydrogen-bond acceptors (Lipinski definition) is 3. The molecule has 2 aromatic carbocycles. The van der Waals surface area contributed by atoms with Crippen molar-refractivity contribution in [3.05, 3.63) is 60.0 Å². The molecule has 3 aromatic rings. The summed E-state index contributed by atoms with van der Waals surface area (Å²) in [5, 5.41) is 0.889. The third kappa shape index (κ3) is 2.30. The maximum atomic E-state index is 13.0. The summed E-state index contributed by atoms with van der Waals surface area (Å²) in [6.07, 6.45) is 0. The zero-order chi connectivity index (χ0) is 14.1. The molecule has 0 atom stereocenters. The maximum Gasteiger partial charge on any atom is 0.126 e. The molecule has 2 N–H and O–H groups in total. The van der Waals surface area contributed by atoms with Crippen molar-refractivity contribution in [1.29, 1.82) is 0 Å². The van der Waals surface area contributed by atoms with Gasteiger partial charge in [0.25, 0.3) is 0 Å². The van der Waals surface area contributed by atoms with E-state index in [0.29, 0.717) is 5.69 Å². The highest BCUT2D eigenvalue weighted by atomic mass is 32.1. The molecule has 2 nitrogen and oxygen atoms in total. The topological polar surface area (TPSA) is 38.9 Å². The summed E-state index contributed by atoms with van der Waals surface area (Å²) in [6, 6.07) is 14.1. The van der Waals surface area contributed by atoms with Crippen molar-refractivity contribution in [3.63, 3.8) is 0 Å². The van der Waals surface area contributed by atoms with Crippen LogP contribution in [-0.4, -0.2) is 4.98 Å². The Morgan fingerprint density at radius 2 is 1.75 bits per heavy atom. The summed E-state index contributed by atoms with van der Waals surface area (Å²) in [6.45, 7) is 1.96. The van der Waals surface area contributed by atoms with Crippen molar-refractivity contribution in [2.45, 2.75) is 6.92 Å². The van der Waals surface area contributed by atoms with Crippen molar-refractivity contribution in [2.75, 3.05) is 5.73 Å². The quantitative estimate of drug-likeness (QED) is 0.703. The molecule has 0 unspecified atom stereocenters. The first kappa shape index (κ1) is 12.8. The van der Waals surface area contributed by atoms with Gasteiger partial charge in [0.15, 0.2) is 0 Å². The Balaban J connectivity index is 2.08. The van der Waals surface area contributed by atoms with E-state index in [4.69, 9.17) is 5.73 Å². The van der Waals surface area contributed by atoms with Gasteiger partial charge in [-0.15, -0.1) is 11.3 Å². The maximum absolute atomic E-state index is 13.0. The Hall–Kier alpha value is -2.20. The van der Waals surface area contributed by atoms with E-state index in [1.165, 1.54) is 12.1 Å². The zero-order valence-electron chi connectivity index (χ0n) is 10.9. The third-order valence-corrected chi connectivity index (χ3v) is 4.33. The molecule has 1 aromatic heterocycles. The van der Waals surface area contributed by atoms with Crippen molar-refractivity contribution in [3.8, 4) is 21.0 Å². The average Bonchev–Trinajstić information content (AvgIpc) is 2.82. The fraction of sp³-hybridized carbons (Fsp3) is 0.0625. The highest BCUT2D eigenvalue weighted by molar-refractivity contribution is 7.18. The number of anilines is 1. The first-order valence-electron chi connectivity index (χ1n) is 6.23. The van der Waals surface area contributed by atoms with Crippen molar-refractivity contribution < 1.29 is 4.39 Å². The SMILES string of the molecule is Cc1nc(-c2ccccc2N)sc1-c1ccc(F)cc1. The second-order valence-corrected chi connectivity index (χ2v) is 5.53. The lowest BCUT2D eigenvalue weighted by molar-refractivity contribution is 0.628. The number of aromatic nitrogens is 1. The number of para-hydroxylation sites is 1. The van der Waals surface area contributed by atoms with E-state index in [2.05, 4.69) is 4.98 Å². The molecule has 0 amide bonds. The third-order valence-electron chi connectivity index (χ3n) is 3.09. The van der Waals surface area contributed by atoms with E-state index in [9.17, 15) is 4.39 Å². The van der Waals surface area contributed by atoms with E-state index in [1.54, 1.807) is 23.5 Å². The first-order valence-corrected chi connectivity index (χ1v) is 7.05. The van der Waals surface area contributed by atoms with Crippen LogP contribution in [0.4, 0.5) is 10.1 Å². The van der Waals surface area contributed by atoms with Gasteiger partial charge in [-0.3, -0.25) is 0 Å². The molecule has 1 heterocycles. The van der Waals surface area contributed by atoms with Crippen LogP contribution in [0.2, 0.25) is 0 Å². The molecule has 3 rings (SSSR count). The highest BCUT2D eigenvalue weighted by Crippen LogP contribution is 2.37. The van der Waals surface area contributed by atoms with Gasteiger partial charge >= 0.3 is 0 Å². The number of hydrogen-bond donors (Lipinski definition) is 1. The Labute approximate surface area is 120 Å². The Morgan fingerprint density at radius 3 is 2.45 bits per heavy atom. The Kier molecular flexibility index (Phi) is 3.24. The van der Waals surface area contributed by atoms with E-state index >= 15 is 0 Å². The molecule has 0 saturated heterocycles. The first-order chi connectivity index (χ1) is 9.65. The molecule has 100 valence electrons. The van der Waals surface area contributed by atoms with Crippen molar-refractivity contribution in [2.24, 2.45) is 0 Å². The lowest BCUT2D eigenvalue weighted by atomic mass is 10.1. The number of benzene rings is 2. The Bertz CT molecular complexity index is 747. The summed E-state index contributed by atoms with van der Waals surface area (Å²) < 4.78 is 13.0. The predicted molar refractivity (Wildman–Crippen MR) is 82.1 cm³/mol. The molecular weight excluding hydrogens is 271 g/mol. The standard InChI is InChI=1S/C16H13FN2S/c1-10-15(11-6-8-12(17)9-7-11)20-16(19-10)13-4-2-3-5-14(13)18/h2-9H,18H2,1H3. The van der Waals surface area contributed by atoms with Gasteiger partial charge in [-0.2, -0.15) is 0 Å². The molecule has 0 aliphatic carbocycles. The van der Waals surface area contributed by atoms with Crippen molar-refractivity contribution >= 4 is 17.0 Å². The van der Waals surface area contributed by atoms with Gasteiger partial charge in [-0.05, 0) is 36.8 Å². The van der Waals surface area contributed by atoms with Gasteiger partial charge in [0, 0.05) is 11.3 Å². The summed E-state index contributed by atoms with van der Waals surface area (Å²) in [5.41, 5.74) is 9.55. The molecule has 4 heteroatoms. The van der Waals surface area contributed by atoms with E-state index in [-0.39, 0.29) is 5.82 Å². The molecule has 20 heavy (non-hydrogen) atoms. The number of halogens is 1. The molecule has 0 bridgehead atoms. The highest BCUT2D eigenvalue weighted by Gasteiger charge is 2.12. The molecule has 0 aliphatic rings. The van der Waals surface area contributed by atoms with Crippen LogP contribution in [0.5, 0.6) is 0 Å². The van der Waals surface area contributed by atoms with E-state index in [0.717, 1.165) is 26.7 Å². The van der Waals surface area contributed by atoms with Gasteiger partial charge in [0.05, 0.1) is 10.6 Å².